The smallest absolute Gasteiger partial charge is 0.142 e. The van der Waals surface area contributed by atoms with Crippen molar-refractivity contribution in [3.63, 3.8) is 0 Å². The van der Waals surface area contributed by atoms with E-state index in [9.17, 15) is 9.90 Å². The van der Waals surface area contributed by atoms with Crippen molar-refractivity contribution in [2.24, 2.45) is 40.4 Å². The first-order valence-corrected chi connectivity index (χ1v) is 10.2. The molecule has 2 nitrogen and oxygen atoms in total. The van der Waals surface area contributed by atoms with Crippen LogP contribution in [0.2, 0.25) is 0 Å². The highest BCUT2D eigenvalue weighted by atomic mass is 16.3. The van der Waals surface area contributed by atoms with Crippen molar-refractivity contribution in [3.8, 4) is 0 Å². The monoisotopic (exact) mass is 330 g/mol. The molecule has 7 atom stereocenters. The zero-order chi connectivity index (χ0) is 17.3. The predicted octanol–water partition coefficient (Wildman–Crippen LogP) is 4.76. The fourth-order valence-electron chi connectivity index (χ4n) is 7.08. The Balaban J connectivity index is 1.68. The van der Waals surface area contributed by atoms with Gasteiger partial charge >= 0.3 is 0 Å². The van der Waals surface area contributed by atoms with Crippen molar-refractivity contribution in [2.45, 2.75) is 78.7 Å². The van der Waals surface area contributed by atoms with Gasteiger partial charge in [-0.25, -0.2) is 0 Å². The Morgan fingerprint density at radius 1 is 1.12 bits per heavy atom. The highest BCUT2D eigenvalue weighted by Gasteiger charge is 2.61. The summed E-state index contributed by atoms with van der Waals surface area (Å²) in [5, 5.41) is 10.1. The molecule has 134 valence electrons. The molecule has 0 aromatic heterocycles. The molecule has 0 heterocycles. The number of ketones is 1. The van der Waals surface area contributed by atoms with E-state index in [1.54, 1.807) is 0 Å². The minimum atomic E-state index is -0.131. The average molecular weight is 331 g/mol. The van der Waals surface area contributed by atoms with Gasteiger partial charge in [-0.05, 0) is 74.0 Å². The summed E-state index contributed by atoms with van der Waals surface area (Å²) in [6.07, 6.45) is 9.85. The predicted molar refractivity (Wildman–Crippen MR) is 96.4 cm³/mol. The van der Waals surface area contributed by atoms with Crippen molar-refractivity contribution in [2.75, 3.05) is 0 Å². The van der Waals surface area contributed by atoms with Gasteiger partial charge in [-0.15, -0.1) is 0 Å². The molecule has 3 saturated carbocycles. The molecule has 4 aliphatic rings. The number of Topliss-reactive ketones (excluding diaryl/α,β-unsaturated/α-hetero) is 1. The summed E-state index contributed by atoms with van der Waals surface area (Å²) in [4.78, 5) is 13.1. The van der Waals surface area contributed by atoms with E-state index in [1.807, 2.05) is 0 Å². The molecule has 0 spiro atoms. The first-order valence-electron chi connectivity index (χ1n) is 10.2. The molecular formula is C22H34O2. The summed E-state index contributed by atoms with van der Waals surface area (Å²) in [7, 11) is 0. The van der Waals surface area contributed by atoms with Crippen LogP contribution < -0.4 is 0 Å². The van der Waals surface area contributed by atoms with Crippen LogP contribution in [0.5, 0.6) is 0 Å². The van der Waals surface area contributed by atoms with Crippen LogP contribution in [0.25, 0.3) is 0 Å². The van der Waals surface area contributed by atoms with Crippen molar-refractivity contribution in [1.82, 2.24) is 0 Å². The number of hydrogen-bond acceptors (Lipinski definition) is 2. The molecule has 0 radical (unpaired) electrons. The van der Waals surface area contributed by atoms with E-state index >= 15 is 0 Å². The lowest BCUT2D eigenvalue weighted by Gasteiger charge is -2.56. The summed E-state index contributed by atoms with van der Waals surface area (Å²) < 4.78 is 0. The zero-order valence-corrected chi connectivity index (χ0v) is 15.8. The number of rotatable bonds is 1. The van der Waals surface area contributed by atoms with Gasteiger partial charge in [-0.2, -0.15) is 0 Å². The largest absolute Gasteiger partial charge is 0.393 e. The van der Waals surface area contributed by atoms with Crippen LogP contribution in [-0.4, -0.2) is 17.0 Å². The Morgan fingerprint density at radius 2 is 1.83 bits per heavy atom. The summed E-state index contributed by atoms with van der Waals surface area (Å²) >= 11 is 0. The second-order valence-electron chi connectivity index (χ2n) is 10.1. The van der Waals surface area contributed by atoms with Gasteiger partial charge in [0.2, 0.25) is 0 Å². The normalized spacial score (nSPS) is 51.0. The topological polar surface area (TPSA) is 37.3 Å². The van der Waals surface area contributed by atoms with Gasteiger partial charge in [0.05, 0.1) is 6.10 Å². The minimum Gasteiger partial charge on any atom is -0.393 e. The van der Waals surface area contributed by atoms with Gasteiger partial charge in [0.1, 0.15) is 5.78 Å². The van der Waals surface area contributed by atoms with Crippen molar-refractivity contribution < 1.29 is 9.90 Å². The second-order valence-corrected chi connectivity index (χ2v) is 10.1. The highest BCUT2D eigenvalue weighted by molar-refractivity contribution is 5.89. The number of aliphatic hydroxyl groups excluding tert-OH is 1. The summed E-state index contributed by atoms with van der Waals surface area (Å²) in [5.74, 6) is 3.32. The number of aliphatic hydroxyl groups is 1. The van der Waals surface area contributed by atoms with Gasteiger partial charge < -0.3 is 5.11 Å². The lowest BCUT2D eigenvalue weighted by Crippen LogP contribution is -2.50. The van der Waals surface area contributed by atoms with Crippen LogP contribution in [0, 0.1) is 40.4 Å². The van der Waals surface area contributed by atoms with Crippen LogP contribution in [0.15, 0.2) is 11.6 Å². The third kappa shape index (κ3) is 2.14. The Morgan fingerprint density at radius 3 is 2.54 bits per heavy atom. The van der Waals surface area contributed by atoms with Gasteiger partial charge in [0, 0.05) is 11.3 Å². The highest BCUT2D eigenvalue weighted by Crippen LogP contribution is 2.65. The first-order chi connectivity index (χ1) is 11.3. The van der Waals surface area contributed by atoms with Gasteiger partial charge in [0.25, 0.3) is 0 Å². The number of carbonyl (C=O) groups excluding carboxylic acids is 1. The molecule has 0 aromatic rings. The molecule has 4 aliphatic carbocycles. The lowest BCUT2D eigenvalue weighted by atomic mass is 9.48. The Hall–Kier alpha value is -0.630. The summed E-state index contributed by atoms with van der Waals surface area (Å²) in [6, 6.07) is 0. The van der Waals surface area contributed by atoms with E-state index in [0.717, 1.165) is 44.4 Å². The van der Waals surface area contributed by atoms with Gasteiger partial charge in [-0.1, -0.05) is 39.3 Å². The standard InChI is InChI=1S/C22H34O2/c1-13(2)17-12-19-16-6-5-14-11-15(23)7-9-21(14,3)18(16)8-10-22(19,4)20(17)24/h5,13,15-19,23H,6-12H2,1-4H3/t15-,16+,17?,18-,19-,21-,22-/m0/s1. The van der Waals surface area contributed by atoms with Crippen molar-refractivity contribution in [1.29, 1.82) is 0 Å². The average Bonchev–Trinajstić information content (AvgIpc) is 2.80. The van der Waals surface area contributed by atoms with Crippen LogP contribution in [0.4, 0.5) is 0 Å². The maximum Gasteiger partial charge on any atom is 0.142 e. The zero-order valence-electron chi connectivity index (χ0n) is 15.8. The maximum atomic E-state index is 13.1. The first kappa shape index (κ1) is 16.8. The third-order valence-corrected chi connectivity index (χ3v) is 8.68. The molecule has 24 heavy (non-hydrogen) atoms. The fourth-order valence-corrected chi connectivity index (χ4v) is 7.08. The molecule has 1 N–H and O–H groups in total. The van der Waals surface area contributed by atoms with Crippen molar-refractivity contribution in [3.05, 3.63) is 11.6 Å². The Bertz CT molecular complexity index is 577. The van der Waals surface area contributed by atoms with E-state index in [1.165, 1.54) is 12.0 Å². The number of carbonyl (C=O) groups is 1. The quantitative estimate of drug-likeness (QED) is 0.704. The lowest BCUT2D eigenvalue weighted by molar-refractivity contribution is -0.135. The minimum absolute atomic E-state index is 0.0635. The van der Waals surface area contributed by atoms with Crippen molar-refractivity contribution >= 4 is 5.78 Å². The van der Waals surface area contributed by atoms with Gasteiger partial charge in [-0.3, -0.25) is 4.79 Å². The Kier molecular flexibility index (Phi) is 3.81. The van der Waals surface area contributed by atoms with E-state index < -0.39 is 0 Å². The Labute approximate surface area is 147 Å². The van der Waals surface area contributed by atoms with E-state index in [-0.39, 0.29) is 22.9 Å². The van der Waals surface area contributed by atoms with E-state index in [4.69, 9.17) is 0 Å². The summed E-state index contributed by atoms with van der Waals surface area (Å²) in [5.41, 5.74) is 1.74. The number of fused-ring (bicyclic) bond motifs is 5. The maximum absolute atomic E-state index is 13.1. The SMILES string of the molecule is CC(C)C1C[C@H]2[C@@H]3CC=C4C[C@@H](O)CC[C@]4(C)[C@H]3CC[C@]2(C)C1=O. The fraction of sp³-hybridized carbons (Fsp3) is 0.864. The molecular weight excluding hydrogens is 296 g/mol. The van der Waals surface area contributed by atoms with Crippen LogP contribution in [-0.2, 0) is 4.79 Å². The molecule has 3 fully saturated rings. The molecule has 0 saturated heterocycles. The summed E-state index contributed by atoms with van der Waals surface area (Å²) in [6.45, 7) is 9.19. The molecule has 2 heteroatoms. The molecule has 4 rings (SSSR count). The molecule has 0 bridgehead atoms. The third-order valence-electron chi connectivity index (χ3n) is 8.68. The van der Waals surface area contributed by atoms with Crippen LogP contribution in [0.3, 0.4) is 0 Å². The molecule has 0 aliphatic heterocycles. The molecule has 0 amide bonds. The number of hydrogen-bond donors (Lipinski definition) is 1. The van der Waals surface area contributed by atoms with Gasteiger partial charge in [0.15, 0.2) is 0 Å². The van der Waals surface area contributed by atoms with Crippen LogP contribution >= 0.6 is 0 Å². The second kappa shape index (κ2) is 5.43. The van der Waals surface area contributed by atoms with Crippen LogP contribution in [0.1, 0.15) is 72.6 Å². The van der Waals surface area contributed by atoms with E-state index in [0.29, 0.717) is 23.5 Å². The molecule has 0 aromatic carbocycles. The van der Waals surface area contributed by atoms with E-state index in [2.05, 4.69) is 33.8 Å². The number of allylic oxidation sites excluding steroid dienone is 1. The molecule has 1 unspecified atom stereocenters.